The van der Waals surface area contributed by atoms with E-state index in [0.717, 1.165) is 76.7 Å². The highest BCUT2D eigenvalue weighted by molar-refractivity contribution is 5.97. The zero-order chi connectivity index (χ0) is 32.5. The highest BCUT2D eigenvalue weighted by Crippen LogP contribution is 2.52. The molecule has 10 nitrogen and oxygen atoms in total. The first kappa shape index (κ1) is 31.8. The largest absolute Gasteiger partial charge is 0.490 e. The van der Waals surface area contributed by atoms with Crippen LogP contribution in [-0.2, 0) is 13.0 Å². The molecular weight excluding hydrogens is 597 g/mol. The molecule has 3 aliphatic heterocycles. The Morgan fingerprint density at radius 3 is 2.70 bits per heavy atom. The van der Waals surface area contributed by atoms with Crippen molar-refractivity contribution < 1.29 is 18.7 Å². The summed E-state index contributed by atoms with van der Waals surface area (Å²) in [4.78, 5) is 33.3. The molecule has 3 aromatic rings. The molecule has 250 valence electrons. The fourth-order valence-corrected chi connectivity index (χ4v) is 7.90. The van der Waals surface area contributed by atoms with Gasteiger partial charge in [-0.05, 0) is 89.7 Å². The summed E-state index contributed by atoms with van der Waals surface area (Å²) in [6.07, 6.45) is 10.7. The minimum absolute atomic E-state index is 0.0327. The molecule has 1 aromatic carbocycles. The van der Waals surface area contributed by atoms with Gasteiger partial charge in [0.15, 0.2) is 11.6 Å². The Morgan fingerprint density at radius 1 is 1.13 bits per heavy atom. The summed E-state index contributed by atoms with van der Waals surface area (Å²) in [5.74, 6) is 2.41. The van der Waals surface area contributed by atoms with Crippen LogP contribution in [0, 0.1) is 17.2 Å². The number of nitrogens with one attached hydrogen (secondary N) is 1. The van der Waals surface area contributed by atoms with Crippen LogP contribution in [0.25, 0.3) is 0 Å². The third-order valence-electron chi connectivity index (χ3n) is 10.4. The van der Waals surface area contributed by atoms with Crippen molar-refractivity contribution in [2.24, 2.45) is 11.3 Å². The smallest absolute Gasteiger partial charge is 0.257 e. The predicted molar refractivity (Wildman–Crippen MR) is 177 cm³/mol. The molecule has 1 amide bonds. The number of hydrogen-bond donors (Lipinski definition) is 1. The number of ether oxygens (including phenoxy) is 2. The minimum Gasteiger partial charge on any atom is -0.490 e. The fourth-order valence-electron chi connectivity index (χ4n) is 7.90. The highest BCUT2D eigenvalue weighted by atomic mass is 19.1. The van der Waals surface area contributed by atoms with Crippen LogP contribution < -0.4 is 19.7 Å². The topological polar surface area (TPSA) is 96.0 Å². The van der Waals surface area contributed by atoms with E-state index in [0.29, 0.717) is 18.1 Å². The van der Waals surface area contributed by atoms with Crippen molar-refractivity contribution in [2.75, 3.05) is 50.7 Å². The van der Waals surface area contributed by atoms with Gasteiger partial charge in [0, 0.05) is 74.6 Å². The molecule has 1 aliphatic carbocycles. The van der Waals surface area contributed by atoms with Crippen LogP contribution in [0.1, 0.15) is 68.1 Å². The summed E-state index contributed by atoms with van der Waals surface area (Å²) < 4.78 is 27.2. The molecule has 0 radical (unpaired) electrons. The molecule has 11 heteroatoms. The molecule has 2 saturated heterocycles. The summed E-state index contributed by atoms with van der Waals surface area (Å²) >= 11 is 0. The van der Waals surface area contributed by atoms with E-state index in [2.05, 4.69) is 25.1 Å². The number of anilines is 1. The number of piperidine rings is 1. The highest BCUT2D eigenvalue weighted by Gasteiger charge is 2.54. The summed E-state index contributed by atoms with van der Waals surface area (Å²) in [5, 5.41) is 3.48. The second kappa shape index (κ2) is 13.4. The van der Waals surface area contributed by atoms with Crippen molar-refractivity contribution in [1.29, 1.82) is 0 Å². The Morgan fingerprint density at radius 2 is 1.94 bits per heavy atom. The number of aromatic nitrogens is 3. The molecule has 47 heavy (non-hydrogen) atoms. The van der Waals surface area contributed by atoms with E-state index in [1.54, 1.807) is 11.1 Å². The molecule has 0 atom stereocenters. The van der Waals surface area contributed by atoms with Gasteiger partial charge in [-0.15, -0.1) is 0 Å². The SMILES string of the molecule is CCN(C(=O)c1cc(F)ccc1Oc1cncnc1N1CC2(CC(Oc3ccnc4c3CN(CC3CCNCC3)CC4)C2)C1)C(C)C. The Labute approximate surface area is 276 Å². The lowest BCUT2D eigenvalue weighted by molar-refractivity contribution is -0.0353. The number of carbonyl (C=O) groups is 1. The summed E-state index contributed by atoms with van der Waals surface area (Å²) in [6, 6.07) is 6.06. The van der Waals surface area contributed by atoms with E-state index in [9.17, 15) is 9.18 Å². The van der Waals surface area contributed by atoms with Gasteiger partial charge in [0.25, 0.3) is 5.91 Å². The first-order chi connectivity index (χ1) is 22.8. The number of pyridine rings is 1. The molecule has 2 aromatic heterocycles. The number of fused-ring (bicyclic) bond motifs is 1. The lowest BCUT2D eigenvalue weighted by Crippen LogP contribution is -2.65. The van der Waals surface area contributed by atoms with E-state index in [1.807, 2.05) is 33.0 Å². The average Bonchev–Trinajstić information content (AvgIpc) is 3.03. The van der Waals surface area contributed by atoms with E-state index >= 15 is 0 Å². The number of rotatable bonds is 10. The van der Waals surface area contributed by atoms with Gasteiger partial charge in [0.1, 0.15) is 29.7 Å². The molecule has 3 fully saturated rings. The van der Waals surface area contributed by atoms with Gasteiger partial charge in [0.2, 0.25) is 0 Å². The van der Waals surface area contributed by atoms with Gasteiger partial charge in [-0.2, -0.15) is 0 Å². The van der Waals surface area contributed by atoms with Gasteiger partial charge in [0.05, 0.1) is 11.8 Å². The molecule has 0 unspecified atom stereocenters. The Hall–Kier alpha value is -3.83. The third kappa shape index (κ3) is 6.65. The molecular formula is C36H46FN7O3. The van der Waals surface area contributed by atoms with Gasteiger partial charge >= 0.3 is 0 Å². The molecule has 0 bridgehead atoms. The lowest BCUT2D eigenvalue weighted by atomic mass is 9.61. The Balaban J connectivity index is 0.978. The van der Waals surface area contributed by atoms with Crippen molar-refractivity contribution in [1.82, 2.24) is 30.1 Å². The van der Waals surface area contributed by atoms with Crippen molar-refractivity contribution in [3.05, 3.63) is 65.6 Å². The maximum atomic E-state index is 14.3. The second-order valence-corrected chi connectivity index (χ2v) is 14.1. The number of hydrogen-bond acceptors (Lipinski definition) is 9. The lowest BCUT2D eigenvalue weighted by Gasteiger charge is -2.59. The van der Waals surface area contributed by atoms with Crippen molar-refractivity contribution in [3.63, 3.8) is 0 Å². The van der Waals surface area contributed by atoms with Gasteiger partial charge in [-0.3, -0.25) is 14.7 Å². The quantitative estimate of drug-likeness (QED) is 0.325. The van der Waals surface area contributed by atoms with Gasteiger partial charge in [-0.1, -0.05) is 0 Å². The van der Waals surface area contributed by atoms with Crippen LogP contribution in [0.3, 0.4) is 0 Å². The molecule has 1 N–H and O–H groups in total. The normalized spacial score (nSPS) is 19.6. The summed E-state index contributed by atoms with van der Waals surface area (Å²) in [5.41, 5.74) is 2.81. The number of carbonyl (C=O) groups excluding carboxylic acids is 1. The van der Waals surface area contributed by atoms with Gasteiger partial charge < -0.3 is 24.6 Å². The second-order valence-electron chi connectivity index (χ2n) is 14.1. The Bertz CT molecular complexity index is 1580. The number of benzene rings is 1. The fraction of sp³-hybridized carbons (Fsp3) is 0.556. The number of nitrogens with zero attached hydrogens (tertiary/aromatic N) is 6. The van der Waals surface area contributed by atoms with Crippen LogP contribution in [0.5, 0.6) is 17.2 Å². The predicted octanol–water partition coefficient (Wildman–Crippen LogP) is 5.08. The van der Waals surface area contributed by atoms with Crippen molar-refractivity contribution in [2.45, 2.75) is 71.6 Å². The van der Waals surface area contributed by atoms with E-state index < -0.39 is 5.82 Å². The van der Waals surface area contributed by atoms with E-state index in [4.69, 9.17) is 14.5 Å². The third-order valence-corrected chi connectivity index (χ3v) is 10.4. The minimum atomic E-state index is -0.488. The zero-order valence-electron chi connectivity index (χ0n) is 27.8. The first-order valence-corrected chi connectivity index (χ1v) is 17.2. The van der Waals surface area contributed by atoms with Crippen molar-refractivity contribution in [3.8, 4) is 17.2 Å². The van der Waals surface area contributed by atoms with E-state index in [-0.39, 0.29) is 34.8 Å². The number of halogens is 1. The van der Waals surface area contributed by atoms with Crippen LogP contribution in [-0.4, -0.2) is 88.6 Å². The maximum Gasteiger partial charge on any atom is 0.257 e. The average molecular weight is 644 g/mol. The van der Waals surface area contributed by atoms with Crippen molar-refractivity contribution >= 4 is 11.7 Å². The summed E-state index contributed by atoms with van der Waals surface area (Å²) in [7, 11) is 0. The maximum absolute atomic E-state index is 14.3. The van der Waals surface area contributed by atoms with Crippen LogP contribution in [0.15, 0.2) is 43.0 Å². The molecule has 5 heterocycles. The Kier molecular flexibility index (Phi) is 9.02. The molecule has 1 spiro atoms. The van der Waals surface area contributed by atoms with Crippen LogP contribution in [0.4, 0.5) is 10.2 Å². The standard InChI is InChI=1S/C36H46FN7O3/c1-4-44(24(2)3)35(45)28-15-26(37)5-6-31(28)47-33-18-39-23-41-34(33)43-21-36(22-43)16-27(17-36)46-32-9-13-40-30-10-14-42(20-29(30)32)19-25-7-11-38-12-8-25/h5-6,9,13,15,18,23-25,27,38H,4,7-8,10-12,14,16-17,19-22H2,1-3H3. The monoisotopic (exact) mass is 643 g/mol. The van der Waals surface area contributed by atoms with Gasteiger partial charge in [-0.25, -0.2) is 14.4 Å². The van der Waals surface area contributed by atoms with Crippen LogP contribution in [0.2, 0.25) is 0 Å². The molecule has 1 saturated carbocycles. The van der Waals surface area contributed by atoms with E-state index in [1.165, 1.54) is 48.6 Å². The molecule has 7 rings (SSSR count). The zero-order valence-corrected chi connectivity index (χ0v) is 27.8. The molecule has 4 aliphatic rings. The number of amides is 1. The summed E-state index contributed by atoms with van der Waals surface area (Å²) in [6.45, 7) is 13.4. The van der Waals surface area contributed by atoms with Crippen LogP contribution >= 0.6 is 0 Å². The first-order valence-electron chi connectivity index (χ1n) is 17.2.